The number of hydrogen-bond acceptors (Lipinski definition) is 6. The molecule has 3 aromatic heterocycles. The van der Waals surface area contributed by atoms with E-state index in [0.717, 1.165) is 66.4 Å². The average Bonchev–Trinajstić information content (AvgIpc) is 3.48. The summed E-state index contributed by atoms with van der Waals surface area (Å²) < 4.78 is 1.96. The van der Waals surface area contributed by atoms with Gasteiger partial charge in [0.15, 0.2) is 5.65 Å². The molecule has 1 aromatic carbocycles. The maximum Gasteiger partial charge on any atom is 0.157 e. The van der Waals surface area contributed by atoms with Crippen molar-refractivity contribution >= 4 is 28.2 Å². The second-order valence-corrected chi connectivity index (χ2v) is 9.18. The summed E-state index contributed by atoms with van der Waals surface area (Å²) in [4.78, 5) is 19.1. The Morgan fingerprint density at radius 2 is 1.75 bits per heavy atom. The highest BCUT2D eigenvalue weighted by atomic mass is 15.3. The Morgan fingerprint density at radius 3 is 2.62 bits per heavy atom. The van der Waals surface area contributed by atoms with Crippen LogP contribution in [0.3, 0.4) is 0 Å². The van der Waals surface area contributed by atoms with Crippen molar-refractivity contribution in [1.82, 2.24) is 24.6 Å². The third-order valence-corrected chi connectivity index (χ3v) is 7.00. The Hall–Kier alpha value is -3.22. The number of fused-ring (bicyclic) bond motifs is 2. The predicted molar refractivity (Wildman–Crippen MR) is 127 cm³/mol. The zero-order valence-electron chi connectivity index (χ0n) is 18.8. The van der Waals surface area contributed by atoms with E-state index in [1.165, 1.54) is 30.4 Å². The highest BCUT2D eigenvalue weighted by Crippen LogP contribution is 2.37. The molecule has 7 nitrogen and oxygen atoms in total. The van der Waals surface area contributed by atoms with Crippen LogP contribution in [0.25, 0.3) is 16.6 Å². The first-order chi connectivity index (χ1) is 15.7. The first kappa shape index (κ1) is 19.5. The van der Waals surface area contributed by atoms with Crippen LogP contribution in [0.15, 0.2) is 36.8 Å². The largest absolute Gasteiger partial charge is 0.356 e. The van der Waals surface area contributed by atoms with Gasteiger partial charge in [-0.1, -0.05) is 12.1 Å². The van der Waals surface area contributed by atoms with Gasteiger partial charge in [-0.3, -0.25) is 0 Å². The van der Waals surface area contributed by atoms with Gasteiger partial charge in [0, 0.05) is 42.8 Å². The lowest BCUT2D eigenvalue weighted by Gasteiger charge is -2.36. The molecule has 164 valence electrons. The molecular weight excluding hydrogens is 398 g/mol. The Balaban J connectivity index is 1.43. The van der Waals surface area contributed by atoms with Gasteiger partial charge in [0.2, 0.25) is 0 Å². The number of rotatable bonds is 3. The molecule has 1 unspecified atom stereocenters. The molecule has 5 heterocycles. The molecule has 2 saturated heterocycles. The minimum absolute atomic E-state index is 0.193. The third-order valence-electron chi connectivity index (χ3n) is 7.00. The number of nitrogens with zero attached hydrogens (tertiary/aromatic N) is 7. The van der Waals surface area contributed by atoms with Crippen LogP contribution in [0.2, 0.25) is 0 Å². The summed E-state index contributed by atoms with van der Waals surface area (Å²) in [5, 5.41) is 6.14. The van der Waals surface area contributed by atoms with Crippen molar-refractivity contribution in [1.29, 1.82) is 0 Å². The summed E-state index contributed by atoms with van der Waals surface area (Å²) in [5.41, 5.74) is 5.41. The molecular formula is C25H29N7. The van der Waals surface area contributed by atoms with E-state index in [1.807, 2.05) is 4.52 Å². The minimum atomic E-state index is 0.193. The normalized spacial score (nSPS) is 19.4. The number of anilines is 2. The van der Waals surface area contributed by atoms with Crippen LogP contribution in [0.4, 0.5) is 11.6 Å². The van der Waals surface area contributed by atoms with E-state index in [4.69, 9.17) is 15.1 Å². The number of hydrogen-bond donors (Lipinski definition) is 0. The van der Waals surface area contributed by atoms with Crippen LogP contribution < -0.4 is 9.80 Å². The van der Waals surface area contributed by atoms with Gasteiger partial charge >= 0.3 is 0 Å². The summed E-state index contributed by atoms with van der Waals surface area (Å²) in [6.07, 6.45) is 9.76. The Labute approximate surface area is 188 Å². The van der Waals surface area contributed by atoms with Gasteiger partial charge in [0.1, 0.15) is 18.0 Å². The molecule has 32 heavy (non-hydrogen) atoms. The van der Waals surface area contributed by atoms with Crippen LogP contribution in [0.5, 0.6) is 0 Å². The van der Waals surface area contributed by atoms with Gasteiger partial charge in [0.05, 0.1) is 17.3 Å². The van der Waals surface area contributed by atoms with E-state index >= 15 is 0 Å². The second kappa shape index (κ2) is 7.73. The maximum absolute atomic E-state index is 5.02. The Kier molecular flexibility index (Phi) is 4.70. The van der Waals surface area contributed by atoms with Crippen molar-refractivity contribution < 1.29 is 0 Å². The van der Waals surface area contributed by atoms with Crippen molar-refractivity contribution in [3.63, 3.8) is 0 Å². The van der Waals surface area contributed by atoms with E-state index in [9.17, 15) is 0 Å². The molecule has 0 N–H and O–H groups in total. The summed E-state index contributed by atoms with van der Waals surface area (Å²) >= 11 is 0. The standard InChI is InChI=1S/C25H29N7/c1-17-8-7-9-19-23(17)25(27-16-26-19)31-13-4-3-10-21(31)20-14-22-28-24(30-11-5-6-12-30)18(2)15-32(22)29-20/h7-9,14-16,21H,3-6,10-13H2,1-2H3. The van der Waals surface area contributed by atoms with Gasteiger partial charge in [-0.05, 0) is 57.6 Å². The first-order valence-electron chi connectivity index (χ1n) is 11.8. The fraction of sp³-hybridized carbons (Fsp3) is 0.440. The molecule has 0 aliphatic carbocycles. The highest BCUT2D eigenvalue weighted by molar-refractivity contribution is 5.92. The Morgan fingerprint density at radius 1 is 0.906 bits per heavy atom. The van der Waals surface area contributed by atoms with E-state index in [2.05, 4.69) is 59.1 Å². The van der Waals surface area contributed by atoms with Crippen molar-refractivity contribution in [2.75, 3.05) is 29.4 Å². The van der Waals surface area contributed by atoms with E-state index < -0.39 is 0 Å². The second-order valence-electron chi connectivity index (χ2n) is 9.18. The van der Waals surface area contributed by atoms with E-state index in [0.29, 0.717) is 0 Å². The predicted octanol–water partition coefficient (Wildman–Crippen LogP) is 4.62. The van der Waals surface area contributed by atoms with Crippen molar-refractivity contribution in [3.05, 3.63) is 53.6 Å². The first-order valence-corrected chi connectivity index (χ1v) is 11.8. The molecule has 0 spiro atoms. The highest BCUT2D eigenvalue weighted by Gasteiger charge is 2.29. The fourth-order valence-electron chi connectivity index (χ4n) is 5.40. The molecule has 7 heteroatoms. The smallest absolute Gasteiger partial charge is 0.157 e. The number of benzene rings is 1. The van der Waals surface area contributed by atoms with Crippen molar-refractivity contribution in [2.45, 2.75) is 52.0 Å². The van der Waals surface area contributed by atoms with Crippen LogP contribution in [-0.4, -0.2) is 44.2 Å². The summed E-state index contributed by atoms with van der Waals surface area (Å²) in [6, 6.07) is 8.66. The number of aromatic nitrogens is 5. The molecule has 0 amide bonds. The third kappa shape index (κ3) is 3.18. The maximum atomic E-state index is 5.02. The summed E-state index contributed by atoms with van der Waals surface area (Å²) in [5.74, 6) is 2.14. The van der Waals surface area contributed by atoms with Gasteiger partial charge in [-0.2, -0.15) is 5.10 Å². The molecule has 2 fully saturated rings. The topological polar surface area (TPSA) is 62.5 Å². The van der Waals surface area contributed by atoms with Gasteiger partial charge in [-0.25, -0.2) is 19.5 Å². The minimum Gasteiger partial charge on any atom is -0.356 e. The zero-order valence-corrected chi connectivity index (χ0v) is 18.8. The van der Waals surface area contributed by atoms with Crippen LogP contribution in [-0.2, 0) is 0 Å². The van der Waals surface area contributed by atoms with Crippen LogP contribution in [0.1, 0.15) is 55.0 Å². The van der Waals surface area contributed by atoms with Gasteiger partial charge in [-0.15, -0.1) is 0 Å². The molecule has 0 radical (unpaired) electrons. The van der Waals surface area contributed by atoms with Crippen LogP contribution >= 0.6 is 0 Å². The molecule has 2 aliphatic heterocycles. The van der Waals surface area contributed by atoms with E-state index in [-0.39, 0.29) is 6.04 Å². The van der Waals surface area contributed by atoms with E-state index in [1.54, 1.807) is 6.33 Å². The zero-order chi connectivity index (χ0) is 21.7. The molecule has 6 rings (SSSR count). The lowest BCUT2D eigenvalue weighted by atomic mass is 9.98. The monoisotopic (exact) mass is 427 g/mol. The fourth-order valence-corrected chi connectivity index (χ4v) is 5.40. The number of aryl methyl sites for hydroxylation is 2. The van der Waals surface area contributed by atoms with Gasteiger partial charge < -0.3 is 9.80 Å². The summed E-state index contributed by atoms with van der Waals surface area (Å²) in [7, 11) is 0. The van der Waals surface area contributed by atoms with Crippen molar-refractivity contribution in [3.8, 4) is 0 Å². The van der Waals surface area contributed by atoms with Gasteiger partial charge in [0.25, 0.3) is 0 Å². The summed E-state index contributed by atoms with van der Waals surface area (Å²) in [6.45, 7) is 7.46. The molecule has 4 aromatic rings. The lowest BCUT2D eigenvalue weighted by Crippen LogP contribution is -2.34. The van der Waals surface area contributed by atoms with Crippen LogP contribution in [0, 0.1) is 13.8 Å². The van der Waals surface area contributed by atoms with Crippen molar-refractivity contribution in [2.24, 2.45) is 0 Å². The lowest BCUT2D eigenvalue weighted by molar-refractivity contribution is 0.461. The molecule has 0 saturated carbocycles. The average molecular weight is 428 g/mol. The SMILES string of the molecule is Cc1cn2nc(C3CCCCN3c3ncnc4cccc(C)c34)cc2nc1N1CCCC1. The quantitative estimate of drug-likeness (QED) is 0.475. The number of piperidine rings is 1. The molecule has 0 bridgehead atoms. The molecule has 1 atom stereocenters. The Bertz CT molecular complexity index is 1280. The molecule has 2 aliphatic rings.